The van der Waals surface area contributed by atoms with Gasteiger partial charge in [0.2, 0.25) is 5.89 Å². The van der Waals surface area contributed by atoms with E-state index in [9.17, 15) is 19.5 Å². The van der Waals surface area contributed by atoms with Crippen LogP contribution in [0, 0.1) is 11.3 Å². The Bertz CT molecular complexity index is 1130. The zero-order valence-corrected chi connectivity index (χ0v) is 21.4. The van der Waals surface area contributed by atoms with Gasteiger partial charge >= 0.3 is 11.9 Å². The number of carboxylic acid groups (broad SMARTS) is 2. The van der Waals surface area contributed by atoms with Crippen LogP contribution in [-0.2, 0) is 27.2 Å². The summed E-state index contributed by atoms with van der Waals surface area (Å²) in [6.45, 7) is 3.84. The number of nitrogens with zero attached hydrogens (tertiary/aromatic N) is 1. The van der Waals surface area contributed by atoms with Crippen LogP contribution in [0.1, 0.15) is 85.8 Å². The van der Waals surface area contributed by atoms with Crippen LogP contribution in [0.4, 0.5) is 0 Å². The molecule has 4 rings (SSSR count). The summed E-state index contributed by atoms with van der Waals surface area (Å²) in [5.74, 6) is -1.37. The SMILES string of the molecule is CC(C)(CCCCNC(=O)c1coc([C@H]2[C@@H](Cc3ccccc3CCC(=O)O)[C@@H]3CC[C@H]2O3)n1)C(=O)O. The number of amides is 1. The first-order valence-corrected chi connectivity index (χ1v) is 13.1. The quantitative estimate of drug-likeness (QED) is 0.339. The zero-order chi connectivity index (χ0) is 26.6. The molecule has 2 aliphatic heterocycles. The number of carboxylic acids is 2. The second kappa shape index (κ2) is 11.5. The predicted octanol–water partition coefficient (Wildman–Crippen LogP) is 4.21. The first-order chi connectivity index (χ1) is 17.7. The second-order valence-corrected chi connectivity index (χ2v) is 10.8. The lowest BCUT2D eigenvalue weighted by Crippen LogP contribution is -2.28. The molecule has 37 heavy (non-hydrogen) atoms. The van der Waals surface area contributed by atoms with Gasteiger partial charge < -0.3 is 24.7 Å². The number of aliphatic carboxylic acids is 2. The van der Waals surface area contributed by atoms with Crippen molar-refractivity contribution in [2.24, 2.45) is 11.3 Å². The Morgan fingerprint density at radius 2 is 1.81 bits per heavy atom. The Hall–Kier alpha value is -3.20. The number of aryl methyl sites for hydroxylation is 1. The highest BCUT2D eigenvalue weighted by Crippen LogP contribution is 2.50. The molecule has 0 saturated carbocycles. The minimum Gasteiger partial charge on any atom is -0.481 e. The molecule has 1 aromatic carbocycles. The van der Waals surface area contributed by atoms with Crippen LogP contribution in [0.2, 0.25) is 0 Å². The third kappa shape index (κ3) is 6.39. The average molecular weight is 513 g/mol. The standard InChI is InChI=1S/C28H36N2O7/c1-28(2,27(34)35)13-5-6-14-29-25(33)20-16-36-26(30-20)24-19(21-10-11-22(24)37-21)15-18-8-4-3-7-17(18)9-12-23(31)32/h3-4,7-8,16,19,21-22,24H,5-6,9-15H2,1-2H3,(H,29,33)(H,31,32)(H,34,35)/t19-,21-,22+,24-/m0/s1. The van der Waals surface area contributed by atoms with E-state index in [0.717, 1.165) is 30.4 Å². The van der Waals surface area contributed by atoms with Crippen LogP contribution in [0.15, 0.2) is 34.9 Å². The molecule has 0 spiro atoms. The average Bonchev–Trinajstić information content (AvgIpc) is 3.60. The fourth-order valence-electron chi connectivity index (χ4n) is 5.51. The highest BCUT2D eigenvalue weighted by Gasteiger charge is 2.51. The molecule has 3 heterocycles. The second-order valence-electron chi connectivity index (χ2n) is 10.8. The van der Waals surface area contributed by atoms with Crippen molar-refractivity contribution in [3.8, 4) is 0 Å². The van der Waals surface area contributed by atoms with Gasteiger partial charge in [-0.25, -0.2) is 4.98 Å². The van der Waals surface area contributed by atoms with E-state index in [-0.39, 0.29) is 42.1 Å². The number of oxazole rings is 1. The number of unbranched alkanes of at least 4 members (excludes halogenated alkanes) is 1. The maximum absolute atomic E-state index is 12.6. The molecular formula is C28H36N2O7. The number of rotatable bonds is 13. The maximum Gasteiger partial charge on any atom is 0.309 e. The molecular weight excluding hydrogens is 476 g/mol. The normalized spacial score (nSPS) is 22.8. The Morgan fingerprint density at radius 3 is 2.54 bits per heavy atom. The van der Waals surface area contributed by atoms with Gasteiger partial charge in [-0.3, -0.25) is 14.4 Å². The lowest BCUT2D eigenvalue weighted by atomic mass is 9.75. The molecule has 2 fully saturated rings. The lowest BCUT2D eigenvalue weighted by molar-refractivity contribution is -0.147. The van der Waals surface area contributed by atoms with E-state index in [1.807, 2.05) is 24.3 Å². The minimum atomic E-state index is -0.821. The highest BCUT2D eigenvalue weighted by molar-refractivity contribution is 5.91. The van der Waals surface area contributed by atoms with Crippen LogP contribution in [0.25, 0.3) is 0 Å². The minimum absolute atomic E-state index is 0.00617. The number of hydrogen-bond acceptors (Lipinski definition) is 6. The van der Waals surface area contributed by atoms with E-state index in [4.69, 9.17) is 14.3 Å². The number of nitrogens with one attached hydrogen (secondary N) is 1. The molecule has 9 nitrogen and oxygen atoms in total. The summed E-state index contributed by atoms with van der Waals surface area (Å²) in [7, 11) is 0. The molecule has 200 valence electrons. The van der Waals surface area contributed by atoms with Crippen molar-refractivity contribution in [2.45, 2.75) is 83.3 Å². The number of carbonyl (C=O) groups excluding carboxylic acids is 1. The fraction of sp³-hybridized carbons (Fsp3) is 0.571. The molecule has 3 N–H and O–H groups in total. The van der Waals surface area contributed by atoms with Crippen molar-refractivity contribution in [1.29, 1.82) is 0 Å². The Kier molecular flexibility index (Phi) is 8.32. The van der Waals surface area contributed by atoms with Crippen LogP contribution >= 0.6 is 0 Å². The third-order valence-corrected chi connectivity index (χ3v) is 7.74. The van der Waals surface area contributed by atoms with E-state index >= 15 is 0 Å². The number of aromatic nitrogens is 1. The van der Waals surface area contributed by atoms with Crippen molar-refractivity contribution in [1.82, 2.24) is 10.3 Å². The fourth-order valence-corrected chi connectivity index (χ4v) is 5.51. The van der Waals surface area contributed by atoms with Crippen LogP contribution in [0.5, 0.6) is 0 Å². The van der Waals surface area contributed by atoms with Gasteiger partial charge in [-0.15, -0.1) is 0 Å². The van der Waals surface area contributed by atoms with Crippen molar-refractivity contribution >= 4 is 17.8 Å². The molecule has 0 radical (unpaired) electrons. The molecule has 9 heteroatoms. The summed E-state index contributed by atoms with van der Waals surface area (Å²) in [5.41, 5.74) is 1.60. The summed E-state index contributed by atoms with van der Waals surface area (Å²) in [6, 6.07) is 7.93. The Morgan fingerprint density at radius 1 is 1.08 bits per heavy atom. The number of ether oxygens (including phenoxy) is 1. The smallest absolute Gasteiger partial charge is 0.309 e. The monoisotopic (exact) mass is 512 g/mol. The van der Waals surface area contributed by atoms with Gasteiger partial charge in [-0.2, -0.15) is 0 Å². The summed E-state index contributed by atoms with van der Waals surface area (Å²) in [4.78, 5) is 39.5. The van der Waals surface area contributed by atoms with Gasteiger partial charge in [0, 0.05) is 18.9 Å². The first-order valence-electron chi connectivity index (χ1n) is 13.1. The summed E-state index contributed by atoms with van der Waals surface area (Å²) in [6.07, 6.45) is 6.57. The number of fused-ring (bicyclic) bond motifs is 2. The molecule has 0 aliphatic carbocycles. The van der Waals surface area contributed by atoms with E-state index in [0.29, 0.717) is 38.1 Å². The van der Waals surface area contributed by atoms with Gasteiger partial charge in [0.25, 0.3) is 5.91 Å². The molecule has 2 bridgehead atoms. The summed E-state index contributed by atoms with van der Waals surface area (Å²) >= 11 is 0. The van der Waals surface area contributed by atoms with Gasteiger partial charge in [0.1, 0.15) is 6.26 Å². The maximum atomic E-state index is 12.6. The zero-order valence-electron chi connectivity index (χ0n) is 21.4. The molecule has 2 saturated heterocycles. The van der Waals surface area contributed by atoms with Crippen LogP contribution in [-0.4, -0.2) is 51.8 Å². The number of carbonyl (C=O) groups is 3. The highest BCUT2D eigenvalue weighted by atomic mass is 16.5. The molecule has 1 amide bonds. The van der Waals surface area contributed by atoms with Crippen molar-refractivity contribution in [2.75, 3.05) is 6.54 Å². The Labute approximate surface area is 216 Å². The van der Waals surface area contributed by atoms with Crippen molar-refractivity contribution in [3.05, 3.63) is 53.2 Å². The van der Waals surface area contributed by atoms with E-state index in [1.54, 1.807) is 13.8 Å². The predicted molar refractivity (Wildman–Crippen MR) is 134 cm³/mol. The molecule has 4 atom stereocenters. The van der Waals surface area contributed by atoms with Crippen molar-refractivity contribution < 1.29 is 33.8 Å². The molecule has 2 aromatic rings. The molecule has 2 aliphatic rings. The molecule has 0 unspecified atom stereocenters. The topological polar surface area (TPSA) is 139 Å². The van der Waals surface area contributed by atoms with Crippen molar-refractivity contribution in [3.63, 3.8) is 0 Å². The third-order valence-electron chi connectivity index (χ3n) is 7.74. The molecule has 1 aromatic heterocycles. The van der Waals surface area contributed by atoms with Gasteiger partial charge in [-0.1, -0.05) is 30.7 Å². The first kappa shape index (κ1) is 26.9. The van der Waals surface area contributed by atoms with Crippen LogP contribution < -0.4 is 5.32 Å². The van der Waals surface area contributed by atoms with Gasteiger partial charge in [-0.05, 0) is 63.5 Å². The summed E-state index contributed by atoms with van der Waals surface area (Å²) in [5, 5.41) is 21.2. The van der Waals surface area contributed by atoms with E-state index in [1.165, 1.54) is 6.26 Å². The van der Waals surface area contributed by atoms with E-state index < -0.39 is 17.4 Å². The summed E-state index contributed by atoms with van der Waals surface area (Å²) < 4.78 is 12.0. The number of benzene rings is 1. The van der Waals surface area contributed by atoms with Crippen LogP contribution in [0.3, 0.4) is 0 Å². The van der Waals surface area contributed by atoms with E-state index in [2.05, 4.69) is 10.3 Å². The lowest BCUT2D eigenvalue weighted by Gasteiger charge is -2.26. The number of hydrogen-bond donors (Lipinski definition) is 3. The van der Waals surface area contributed by atoms with Gasteiger partial charge in [0.05, 0.1) is 23.5 Å². The largest absolute Gasteiger partial charge is 0.481 e. The Balaban J connectivity index is 1.37. The van der Waals surface area contributed by atoms with Gasteiger partial charge in [0.15, 0.2) is 5.69 Å².